The van der Waals surface area contributed by atoms with Crippen molar-refractivity contribution in [2.75, 3.05) is 11.9 Å². The Hall–Kier alpha value is -3.48. The van der Waals surface area contributed by atoms with E-state index in [9.17, 15) is 14.7 Å². The zero-order chi connectivity index (χ0) is 19.7. The Morgan fingerprint density at radius 2 is 1.63 bits per heavy atom. The molecule has 3 N–H and O–H groups in total. The van der Waals surface area contributed by atoms with Gasteiger partial charge in [0.2, 0.25) is 5.91 Å². The molecule has 0 spiro atoms. The minimum absolute atomic E-state index is 0.156. The molecule has 0 radical (unpaired) electrons. The number of rotatable bonds is 5. The Bertz CT molecular complexity index is 1030. The van der Waals surface area contributed by atoms with Crippen LogP contribution < -0.4 is 10.6 Å². The monoisotopic (exact) mass is 364 g/mol. The number of aromatic nitrogens is 2. The molecule has 0 atom stereocenters. The van der Waals surface area contributed by atoms with Crippen LogP contribution in [0.3, 0.4) is 0 Å². The van der Waals surface area contributed by atoms with Crippen LogP contribution in [-0.2, 0) is 0 Å². The number of hydrogen-bond acceptors (Lipinski definition) is 5. The minimum atomic E-state index is -1.01. The number of primary amides is 1. The molecule has 0 bridgehead atoms. The number of carbonyl (C=O) groups is 2. The lowest BCUT2D eigenvalue weighted by Gasteiger charge is -2.25. The number of fused-ring (bicyclic) bond motifs is 1. The van der Waals surface area contributed by atoms with E-state index in [4.69, 9.17) is 10.7 Å². The second kappa shape index (κ2) is 7.03. The van der Waals surface area contributed by atoms with Gasteiger partial charge in [-0.1, -0.05) is 12.1 Å². The van der Waals surface area contributed by atoms with E-state index in [1.165, 1.54) is 12.1 Å². The van der Waals surface area contributed by atoms with Gasteiger partial charge in [-0.15, -0.1) is 0 Å². The van der Waals surface area contributed by atoms with Crippen molar-refractivity contribution in [3.05, 3.63) is 53.6 Å². The van der Waals surface area contributed by atoms with E-state index in [-0.39, 0.29) is 11.6 Å². The highest BCUT2D eigenvalue weighted by atomic mass is 16.4. The van der Waals surface area contributed by atoms with Gasteiger partial charge in [-0.2, -0.15) is 0 Å². The van der Waals surface area contributed by atoms with Crippen LogP contribution >= 0.6 is 0 Å². The van der Waals surface area contributed by atoms with E-state index in [2.05, 4.69) is 4.98 Å². The molecule has 27 heavy (non-hydrogen) atoms. The molecule has 1 amide bonds. The molecular weight excluding hydrogens is 344 g/mol. The molecule has 3 aromatic rings. The van der Waals surface area contributed by atoms with Gasteiger partial charge in [0.25, 0.3) is 0 Å². The van der Waals surface area contributed by atoms with E-state index in [1.54, 1.807) is 30.3 Å². The number of carboxylic acid groups (broad SMARTS) is 1. The van der Waals surface area contributed by atoms with Crippen molar-refractivity contribution in [3.8, 4) is 11.3 Å². The van der Waals surface area contributed by atoms with Gasteiger partial charge in [0.05, 0.1) is 16.6 Å². The highest BCUT2D eigenvalue weighted by molar-refractivity contribution is 5.95. The smallest absolute Gasteiger partial charge is 0.335 e. The molecule has 0 unspecified atom stereocenters. The number of anilines is 1. The maximum absolute atomic E-state index is 11.3. The quantitative estimate of drug-likeness (QED) is 0.720. The molecule has 0 saturated heterocycles. The van der Waals surface area contributed by atoms with Crippen LogP contribution in [0.4, 0.5) is 5.82 Å². The summed E-state index contributed by atoms with van der Waals surface area (Å²) in [6, 6.07) is 11.7. The second-order valence-corrected chi connectivity index (χ2v) is 6.55. The lowest BCUT2D eigenvalue weighted by atomic mass is 10.1. The predicted octanol–water partition coefficient (Wildman–Crippen LogP) is 2.94. The van der Waals surface area contributed by atoms with E-state index in [0.717, 1.165) is 5.56 Å². The molecule has 0 aliphatic heterocycles. The van der Waals surface area contributed by atoms with Crippen molar-refractivity contribution in [1.29, 1.82) is 0 Å². The summed E-state index contributed by atoms with van der Waals surface area (Å²) in [5.74, 6) is -0.873. The molecule has 2 aromatic carbocycles. The van der Waals surface area contributed by atoms with E-state index in [0.29, 0.717) is 28.1 Å². The Kier molecular flexibility index (Phi) is 4.77. The van der Waals surface area contributed by atoms with Crippen molar-refractivity contribution in [2.45, 2.75) is 19.9 Å². The summed E-state index contributed by atoms with van der Waals surface area (Å²) in [5, 5.41) is 9.22. The van der Waals surface area contributed by atoms with Crippen molar-refractivity contribution in [3.63, 3.8) is 0 Å². The first kappa shape index (κ1) is 18.3. The maximum Gasteiger partial charge on any atom is 0.335 e. The summed E-state index contributed by atoms with van der Waals surface area (Å²) in [7, 11) is 1.91. The van der Waals surface area contributed by atoms with E-state index >= 15 is 0 Å². The molecule has 0 aliphatic carbocycles. The third-order valence-electron chi connectivity index (χ3n) is 4.44. The molecule has 0 aliphatic rings. The Balaban J connectivity index is 2.22. The Morgan fingerprint density at radius 1 is 1.00 bits per heavy atom. The molecular formula is C20H20N4O3. The number of nitrogens with zero attached hydrogens (tertiary/aromatic N) is 3. The molecule has 7 nitrogen and oxygen atoms in total. The van der Waals surface area contributed by atoms with Crippen LogP contribution in [0, 0.1) is 0 Å². The normalized spacial score (nSPS) is 11.0. The molecule has 1 aromatic heterocycles. The van der Waals surface area contributed by atoms with Crippen LogP contribution in [0.5, 0.6) is 0 Å². The van der Waals surface area contributed by atoms with Gasteiger partial charge in [0.15, 0.2) is 5.82 Å². The van der Waals surface area contributed by atoms with Crippen molar-refractivity contribution in [1.82, 2.24) is 9.97 Å². The first-order chi connectivity index (χ1) is 12.8. The van der Waals surface area contributed by atoms with Crippen molar-refractivity contribution < 1.29 is 14.7 Å². The van der Waals surface area contributed by atoms with Crippen LogP contribution in [0.2, 0.25) is 0 Å². The van der Waals surface area contributed by atoms with Crippen LogP contribution in [0.15, 0.2) is 42.5 Å². The Morgan fingerprint density at radius 3 is 2.19 bits per heavy atom. The molecule has 0 saturated carbocycles. The molecule has 1 heterocycles. The highest BCUT2D eigenvalue weighted by Gasteiger charge is 2.18. The summed E-state index contributed by atoms with van der Waals surface area (Å²) in [6.07, 6.45) is 0. The van der Waals surface area contributed by atoms with Crippen LogP contribution in [0.25, 0.3) is 22.3 Å². The lowest BCUT2D eigenvalue weighted by molar-refractivity contribution is 0.0696. The molecule has 7 heteroatoms. The topological polar surface area (TPSA) is 109 Å². The summed E-state index contributed by atoms with van der Waals surface area (Å²) < 4.78 is 0. The van der Waals surface area contributed by atoms with Gasteiger partial charge in [-0.05, 0) is 44.2 Å². The summed E-state index contributed by atoms with van der Waals surface area (Å²) in [6.45, 7) is 4.05. The van der Waals surface area contributed by atoms with Gasteiger partial charge in [0, 0.05) is 24.2 Å². The first-order valence-electron chi connectivity index (χ1n) is 8.46. The first-order valence-corrected chi connectivity index (χ1v) is 8.46. The van der Waals surface area contributed by atoms with Crippen molar-refractivity contribution >= 4 is 28.7 Å². The highest BCUT2D eigenvalue weighted by Crippen LogP contribution is 2.30. The summed E-state index contributed by atoms with van der Waals surface area (Å²) in [4.78, 5) is 33.9. The number of aromatic carboxylic acids is 1. The number of carboxylic acids is 1. The lowest BCUT2D eigenvalue weighted by Crippen LogP contribution is -2.27. The standard InChI is InChI=1S/C20H20N4O3/c1-11(2)24(3)19-17(12-4-6-13(7-5-12)18(21)25)22-15-9-8-14(20(26)27)10-16(15)23-19/h4-11H,1-3H3,(H2,21,25)(H,26,27). The van der Waals surface area contributed by atoms with Crippen molar-refractivity contribution in [2.24, 2.45) is 5.73 Å². The van der Waals surface area contributed by atoms with Gasteiger partial charge < -0.3 is 15.7 Å². The fourth-order valence-electron chi connectivity index (χ4n) is 2.65. The summed E-state index contributed by atoms with van der Waals surface area (Å²) in [5.41, 5.74) is 8.43. The van der Waals surface area contributed by atoms with Gasteiger partial charge in [0.1, 0.15) is 5.69 Å². The molecule has 3 rings (SSSR count). The zero-order valence-corrected chi connectivity index (χ0v) is 15.3. The average molecular weight is 364 g/mol. The minimum Gasteiger partial charge on any atom is -0.478 e. The predicted molar refractivity (Wildman–Crippen MR) is 104 cm³/mol. The number of carbonyl (C=O) groups excluding carboxylic acids is 1. The average Bonchev–Trinajstić information content (AvgIpc) is 2.65. The number of benzene rings is 2. The largest absolute Gasteiger partial charge is 0.478 e. The second-order valence-electron chi connectivity index (χ2n) is 6.55. The summed E-state index contributed by atoms with van der Waals surface area (Å²) >= 11 is 0. The number of hydrogen-bond donors (Lipinski definition) is 2. The van der Waals surface area contributed by atoms with Gasteiger partial charge in [-0.25, -0.2) is 14.8 Å². The van der Waals surface area contributed by atoms with Crippen LogP contribution in [0.1, 0.15) is 34.6 Å². The van der Waals surface area contributed by atoms with E-state index < -0.39 is 11.9 Å². The fourth-order valence-corrected chi connectivity index (χ4v) is 2.65. The molecule has 138 valence electrons. The third-order valence-corrected chi connectivity index (χ3v) is 4.44. The SMILES string of the molecule is CC(C)N(C)c1nc2cc(C(=O)O)ccc2nc1-c1ccc(C(N)=O)cc1. The number of amides is 1. The zero-order valence-electron chi connectivity index (χ0n) is 15.3. The molecule has 0 fully saturated rings. The third kappa shape index (κ3) is 3.57. The van der Waals surface area contributed by atoms with E-state index in [1.807, 2.05) is 25.8 Å². The fraction of sp³-hybridized carbons (Fsp3) is 0.200. The van der Waals surface area contributed by atoms with Crippen LogP contribution in [-0.4, -0.2) is 40.0 Å². The Labute approximate surface area is 156 Å². The number of nitrogens with two attached hydrogens (primary N) is 1. The van der Waals surface area contributed by atoms with Gasteiger partial charge >= 0.3 is 5.97 Å². The maximum atomic E-state index is 11.3. The van der Waals surface area contributed by atoms with Gasteiger partial charge in [-0.3, -0.25) is 4.79 Å².